The molecule has 3 heterocycles. The molecule has 1 fully saturated rings. The zero-order valence-electron chi connectivity index (χ0n) is 16.6. The lowest BCUT2D eigenvalue weighted by Gasteiger charge is -2.34. The molecule has 3 aromatic rings. The number of nitrogens with zero attached hydrogens (tertiary/aromatic N) is 7. The van der Waals surface area contributed by atoms with E-state index in [4.69, 9.17) is 23.8 Å². The van der Waals surface area contributed by atoms with Crippen molar-refractivity contribution in [2.45, 2.75) is 19.8 Å². The quantitative estimate of drug-likeness (QED) is 0.539. The number of hydrogen-bond donors (Lipinski definition) is 0. The van der Waals surface area contributed by atoms with Gasteiger partial charge in [-0.05, 0) is 49.5 Å². The largest absolute Gasteiger partial charge is 0.452 e. The van der Waals surface area contributed by atoms with Gasteiger partial charge in [-0.25, -0.2) is 14.6 Å². The second kappa shape index (κ2) is 8.56. The van der Waals surface area contributed by atoms with Gasteiger partial charge < -0.3 is 4.90 Å². The van der Waals surface area contributed by atoms with Gasteiger partial charge in [0.2, 0.25) is 16.5 Å². The van der Waals surface area contributed by atoms with Crippen LogP contribution >= 0.6 is 23.8 Å². The van der Waals surface area contributed by atoms with Crippen LogP contribution in [0.5, 0.6) is 0 Å². The summed E-state index contributed by atoms with van der Waals surface area (Å²) >= 11 is 11.2. The lowest BCUT2D eigenvalue weighted by Crippen LogP contribution is -2.47. The Hall–Kier alpha value is -2.50. The van der Waals surface area contributed by atoms with Gasteiger partial charge in [0.1, 0.15) is 0 Å². The summed E-state index contributed by atoms with van der Waals surface area (Å²) < 4.78 is 43.1. The van der Waals surface area contributed by atoms with Crippen LogP contribution < -0.4 is 4.90 Å². The van der Waals surface area contributed by atoms with Gasteiger partial charge >= 0.3 is 6.18 Å². The molecular weight excluding hydrogens is 451 g/mol. The van der Waals surface area contributed by atoms with Crippen LogP contribution in [0.4, 0.5) is 19.1 Å². The Morgan fingerprint density at radius 1 is 1.06 bits per heavy atom. The third-order valence-electron chi connectivity index (χ3n) is 4.95. The molecule has 0 aliphatic carbocycles. The fraction of sp³-hybridized carbons (Fsp3) is 0.368. The maximum Gasteiger partial charge on any atom is 0.452 e. The number of aryl methyl sites for hydroxylation is 1. The minimum Gasteiger partial charge on any atom is -0.338 e. The van der Waals surface area contributed by atoms with Crippen molar-refractivity contribution in [2.24, 2.45) is 0 Å². The summed E-state index contributed by atoms with van der Waals surface area (Å²) in [6, 6.07) is 7.84. The highest BCUT2D eigenvalue weighted by molar-refractivity contribution is 7.71. The number of rotatable bonds is 4. The van der Waals surface area contributed by atoms with E-state index in [-0.39, 0.29) is 17.1 Å². The molecule has 4 rings (SSSR count). The molecule has 1 aliphatic rings. The molecule has 1 aliphatic heterocycles. The van der Waals surface area contributed by atoms with Crippen LogP contribution in [0, 0.1) is 11.7 Å². The van der Waals surface area contributed by atoms with E-state index in [9.17, 15) is 13.2 Å². The van der Waals surface area contributed by atoms with Crippen LogP contribution in [-0.4, -0.2) is 55.4 Å². The molecule has 0 saturated carbocycles. The number of hydrogen-bond acceptors (Lipinski definition) is 6. The number of anilines is 1. The maximum absolute atomic E-state index is 13.7. The predicted molar refractivity (Wildman–Crippen MR) is 113 cm³/mol. The Bertz CT molecular complexity index is 1120. The van der Waals surface area contributed by atoms with E-state index in [2.05, 4.69) is 20.0 Å². The van der Waals surface area contributed by atoms with Crippen molar-refractivity contribution in [1.29, 1.82) is 0 Å². The Balaban J connectivity index is 1.54. The lowest BCUT2D eigenvalue weighted by molar-refractivity contribution is -0.146. The monoisotopic (exact) mass is 469 g/mol. The van der Waals surface area contributed by atoms with Crippen LogP contribution in [0.2, 0.25) is 5.02 Å². The Morgan fingerprint density at radius 3 is 2.35 bits per heavy atom. The number of piperazine rings is 1. The highest BCUT2D eigenvalue weighted by Crippen LogP contribution is 2.30. The maximum atomic E-state index is 13.7. The van der Waals surface area contributed by atoms with Gasteiger partial charge in [-0.3, -0.25) is 9.47 Å². The fourth-order valence-electron chi connectivity index (χ4n) is 3.37. The first-order valence-corrected chi connectivity index (χ1v) is 10.3. The van der Waals surface area contributed by atoms with Gasteiger partial charge in [0.05, 0.1) is 12.4 Å². The summed E-state index contributed by atoms with van der Waals surface area (Å²) in [6.45, 7) is 4.60. The zero-order chi connectivity index (χ0) is 22.2. The Labute approximate surface area is 186 Å². The second-order valence-electron chi connectivity index (χ2n) is 7.16. The fourth-order valence-corrected chi connectivity index (χ4v) is 3.79. The molecule has 0 amide bonds. The number of halogens is 4. The molecule has 0 radical (unpaired) electrons. The standard InChI is InChI=1S/C19H19ClF3N7S/c1-13-6-7-24-17(25-13)28-10-8-27(9-11-28)12-29-18(31)30(16(26-29)19(21,22)23)15-4-2-14(20)3-5-15/h2-7H,8-12H2,1H3. The molecule has 0 N–H and O–H groups in total. The normalized spacial score (nSPS) is 15.5. The molecular formula is C19H19ClF3N7S. The van der Waals surface area contributed by atoms with Gasteiger partial charge in [-0.2, -0.15) is 13.2 Å². The second-order valence-corrected chi connectivity index (χ2v) is 7.96. The molecule has 0 bridgehead atoms. The zero-order valence-corrected chi connectivity index (χ0v) is 18.1. The third-order valence-corrected chi connectivity index (χ3v) is 5.59. The van der Waals surface area contributed by atoms with Crippen LogP contribution in [0.3, 0.4) is 0 Å². The summed E-state index contributed by atoms with van der Waals surface area (Å²) in [4.78, 5) is 12.8. The van der Waals surface area contributed by atoms with Crippen molar-refractivity contribution in [1.82, 2.24) is 29.2 Å². The molecule has 7 nitrogen and oxygen atoms in total. The summed E-state index contributed by atoms with van der Waals surface area (Å²) in [5.41, 5.74) is 1.14. The SMILES string of the molecule is Cc1ccnc(N2CCN(Cn3nc(C(F)(F)F)n(-c4ccc(Cl)cc4)c3=S)CC2)n1. The molecule has 1 saturated heterocycles. The smallest absolute Gasteiger partial charge is 0.338 e. The first-order chi connectivity index (χ1) is 14.7. The number of benzene rings is 1. The average Bonchev–Trinajstić information content (AvgIpc) is 3.06. The van der Waals surface area contributed by atoms with Gasteiger partial charge in [0.15, 0.2) is 0 Å². The topological polar surface area (TPSA) is 55.0 Å². The van der Waals surface area contributed by atoms with Crippen molar-refractivity contribution in [3.05, 3.63) is 57.8 Å². The van der Waals surface area contributed by atoms with Crippen molar-refractivity contribution in [2.75, 3.05) is 31.1 Å². The number of aromatic nitrogens is 5. The minimum absolute atomic E-state index is 0.0286. The molecule has 31 heavy (non-hydrogen) atoms. The highest BCUT2D eigenvalue weighted by atomic mass is 35.5. The van der Waals surface area contributed by atoms with Gasteiger partial charge in [-0.15, -0.1) is 5.10 Å². The van der Waals surface area contributed by atoms with Crippen LogP contribution in [0.15, 0.2) is 36.5 Å². The summed E-state index contributed by atoms with van der Waals surface area (Å²) in [7, 11) is 0. The average molecular weight is 470 g/mol. The van der Waals surface area contributed by atoms with Crippen molar-refractivity contribution >= 4 is 29.8 Å². The van der Waals surface area contributed by atoms with E-state index in [1.807, 2.05) is 17.9 Å². The van der Waals surface area contributed by atoms with Crippen LogP contribution in [-0.2, 0) is 12.8 Å². The van der Waals surface area contributed by atoms with E-state index < -0.39 is 12.0 Å². The van der Waals surface area contributed by atoms with Crippen molar-refractivity contribution < 1.29 is 13.2 Å². The van der Waals surface area contributed by atoms with Crippen LogP contribution in [0.25, 0.3) is 5.69 Å². The minimum atomic E-state index is -4.65. The molecule has 1 aromatic carbocycles. The van der Waals surface area contributed by atoms with E-state index in [0.717, 1.165) is 10.3 Å². The lowest BCUT2D eigenvalue weighted by atomic mass is 10.3. The van der Waals surface area contributed by atoms with Crippen molar-refractivity contribution in [3.63, 3.8) is 0 Å². The Kier molecular flexibility index (Phi) is 6.00. The molecule has 12 heteroatoms. The molecule has 0 atom stereocenters. The van der Waals surface area contributed by atoms with Gasteiger partial charge in [0.25, 0.3) is 0 Å². The van der Waals surface area contributed by atoms with E-state index in [1.165, 1.54) is 28.9 Å². The van der Waals surface area contributed by atoms with Gasteiger partial charge in [-0.1, -0.05) is 11.6 Å². The molecule has 2 aromatic heterocycles. The first-order valence-electron chi connectivity index (χ1n) is 9.52. The summed E-state index contributed by atoms with van der Waals surface area (Å²) in [5, 5.41) is 4.22. The molecule has 0 spiro atoms. The van der Waals surface area contributed by atoms with E-state index in [1.54, 1.807) is 6.20 Å². The van der Waals surface area contributed by atoms with Gasteiger partial charge in [0, 0.05) is 43.1 Å². The van der Waals surface area contributed by atoms with Crippen molar-refractivity contribution in [3.8, 4) is 5.69 Å². The predicted octanol–water partition coefficient (Wildman–Crippen LogP) is 3.95. The summed E-state index contributed by atoms with van der Waals surface area (Å²) in [6.07, 6.45) is -2.94. The third kappa shape index (κ3) is 4.73. The van der Waals surface area contributed by atoms with E-state index >= 15 is 0 Å². The molecule has 164 valence electrons. The Morgan fingerprint density at radius 2 is 1.74 bits per heavy atom. The first kappa shape index (κ1) is 21.7. The molecule has 0 unspecified atom stereocenters. The summed E-state index contributed by atoms with van der Waals surface area (Å²) in [5.74, 6) is -0.408. The van der Waals surface area contributed by atoms with E-state index in [0.29, 0.717) is 37.1 Å². The van der Waals surface area contributed by atoms with Crippen LogP contribution in [0.1, 0.15) is 11.5 Å². The highest BCUT2D eigenvalue weighted by Gasteiger charge is 2.39. The number of alkyl halides is 3.